The van der Waals surface area contributed by atoms with E-state index in [2.05, 4.69) is 5.32 Å². The highest BCUT2D eigenvalue weighted by Crippen LogP contribution is 2.45. The molecule has 0 saturated heterocycles. The van der Waals surface area contributed by atoms with Crippen LogP contribution in [0.15, 0.2) is 46.8 Å². The van der Waals surface area contributed by atoms with Gasteiger partial charge in [-0.15, -0.1) is 0 Å². The Labute approximate surface area is 198 Å². The molecular formula is C25H31NO6S. The van der Waals surface area contributed by atoms with E-state index >= 15 is 0 Å². The minimum atomic E-state index is -0.909. The maximum absolute atomic E-state index is 13.6. The first-order valence-corrected chi connectivity index (χ1v) is 12.2. The lowest BCUT2D eigenvalue weighted by Gasteiger charge is -2.38. The van der Waals surface area contributed by atoms with E-state index in [1.165, 1.54) is 7.11 Å². The SMILES string of the molecule is CCSCCOC(=O)C1=C(C)NC2=C(C(=O)[C@@H](C(=O)OC)[C@@H](C)C2)[C@@H]1c1ccc(OC)cc1. The second kappa shape index (κ2) is 10.9. The Kier molecular flexibility index (Phi) is 8.24. The molecular weight excluding hydrogens is 442 g/mol. The van der Waals surface area contributed by atoms with Crippen molar-refractivity contribution in [2.24, 2.45) is 11.8 Å². The fraction of sp³-hybridized carbons (Fsp3) is 0.480. The van der Waals surface area contributed by atoms with Gasteiger partial charge in [0.25, 0.3) is 0 Å². The number of hydrogen-bond donors (Lipinski definition) is 1. The number of rotatable bonds is 8. The van der Waals surface area contributed by atoms with Crippen LogP contribution < -0.4 is 10.1 Å². The highest BCUT2D eigenvalue weighted by atomic mass is 32.2. The molecule has 1 aliphatic carbocycles. The van der Waals surface area contributed by atoms with Crippen molar-refractivity contribution >= 4 is 29.5 Å². The number of ether oxygens (including phenoxy) is 3. The number of dihydropyridines is 1. The van der Waals surface area contributed by atoms with Gasteiger partial charge in [0.2, 0.25) is 0 Å². The van der Waals surface area contributed by atoms with E-state index in [4.69, 9.17) is 14.2 Å². The number of benzene rings is 1. The maximum Gasteiger partial charge on any atom is 0.336 e. The third kappa shape index (κ3) is 5.11. The highest BCUT2D eigenvalue weighted by molar-refractivity contribution is 7.99. The van der Waals surface area contributed by atoms with Crippen LogP contribution >= 0.6 is 11.8 Å². The molecule has 1 heterocycles. The Hall–Kier alpha value is -2.74. The standard InChI is InChI=1S/C25H31NO6S/c1-6-33-12-11-32-25(29)20-15(3)26-18-13-14(2)19(24(28)31-5)23(27)22(18)21(20)16-7-9-17(30-4)10-8-16/h7-10,14,19,21,26H,6,11-13H2,1-5H3/t14-,19-,21+/m0/s1. The van der Waals surface area contributed by atoms with Gasteiger partial charge in [-0.05, 0) is 42.7 Å². The number of methoxy groups -OCH3 is 2. The fourth-order valence-corrected chi connectivity index (χ4v) is 4.99. The Balaban J connectivity index is 2.06. The van der Waals surface area contributed by atoms with Gasteiger partial charge in [-0.25, -0.2) is 4.79 Å². The molecule has 1 aromatic carbocycles. The minimum absolute atomic E-state index is 0.222. The predicted molar refractivity (Wildman–Crippen MR) is 127 cm³/mol. The quantitative estimate of drug-likeness (QED) is 0.348. The predicted octanol–water partition coefficient (Wildman–Crippen LogP) is 3.60. The molecule has 33 heavy (non-hydrogen) atoms. The first-order valence-electron chi connectivity index (χ1n) is 11.1. The molecule has 0 amide bonds. The van der Waals surface area contributed by atoms with Gasteiger partial charge in [0.15, 0.2) is 5.78 Å². The third-order valence-corrected chi connectivity index (χ3v) is 6.94. The molecule has 0 radical (unpaired) electrons. The molecule has 2 aliphatic rings. The van der Waals surface area contributed by atoms with Crippen molar-refractivity contribution in [3.05, 3.63) is 52.4 Å². The van der Waals surface area contributed by atoms with Crippen molar-refractivity contribution < 1.29 is 28.6 Å². The minimum Gasteiger partial charge on any atom is -0.497 e. The molecule has 3 rings (SSSR count). The summed E-state index contributed by atoms with van der Waals surface area (Å²) in [6.07, 6.45) is 0.500. The number of ketones is 1. The summed E-state index contributed by atoms with van der Waals surface area (Å²) in [5.41, 5.74) is 2.95. The number of nitrogens with one attached hydrogen (secondary N) is 1. The van der Waals surface area contributed by atoms with Gasteiger partial charge in [0, 0.05) is 28.6 Å². The van der Waals surface area contributed by atoms with Gasteiger partial charge >= 0.3 is 11.9 Å². The molecule has 0 saturated carbocycles. The molecule has 7 nitrogen and oxygen atoms in total. The van der Waals surface area contributed by atoms with Crippen molar-refractivity contribution in [2.45, 2.75) is 33.1 Å². The number of Topliss-reactive ketones (excluding diaryl/α,β-unsaturated/α-hetero) is 1. The summed E-state index contributed by atoms with van der Waals surface area (Å²) in [6.45, 7) is 6.01. The number of thioether (sulfide) groups is 1. The van der Waals surface area contributed by atoms with Gasteiger partial charge in [0.1, 0.15) is 18.3 Å². The van der Waals surface area contributed by atoms with Crippen LogP contribution in [0.25, 0.3) is 0 Å². The lowest BCUT2D eigenvalue weighted by Crippen LogP contribution is -2.43. The lowest BCUT2D eigenvalue weighted by atomic mass is 9.69. The van der Waals surface area contributed by atoms with Gasteiger partial charge in [-0.2, -0.15) is 11.8 Å². The second-order valence-corrected chi connectivity index (χ2v) is 9.54. The van der Waals surface area contributed by atoms with Crippen LogP contribution in [0.2, 0.25) is 0 Å². The van der Waals surface area contributed by atoms with Gasteiger partial charge < -0.3 is 19.5 Å². The summed E-state index contributed by atoms with van der Waals surface area (Å²) in [5.74, 6) is -0.817. The number of carbonyl (C=O) groups is 3. The zero-order valence-electron chi connectivity index (χ0n) is 19.7. The third-order valence-electron chi connectivity index (χ3n) is 6.08. The second-order valence-electron chi connectivity index (χ2n) is 8.14. The fourth-order valence-electron chi connectivity index (χ4n) is 4.50. The summed E-state index contributed by atoms with van der Waals surface area (Å²) in [5, 5.41) is 3.27. The number of allylic oxidation sites excluding steroid dienone is 3. The van der Waals surface area contributed by atoms with Crippen LogP contribution in [0.4, 0.5) is 0 Å². The van der Waals surface area contributed by atoms with Crippen LogP contribution in [0.5, 0.6) is 5.75 Å². The molecule has 0 fully saturated rings. The monoisotopic (exact) mass is 473 g/mol. The molecule has 1 N–H and O–H groups in total. The Morgan fingerprint density at radius 1 is 1.18 bits per heavy atom. The van der Waals surface area contributed by atoms with Gasteiger partial charge in [0.05, 0.1) is 19.8 Å². The summed E-state index contributed by atoms with van der Waals surface area (Å²) >= 11 is 1.69. The van der Waals surface area contributed by atoms with Crippen LogP contribution in [0.3, 0.4) is 0 Å². The van der Waals surface area contributed by atoms with E-state index < -0.39 is 23.8 Å². The molecule has 0 aromatic heterocycles. The van der Waals surface area contributed by atoms with E-state index in [1.807, 2.05) is 32.9 Å². The summed E-state index contributed by atoms with van der Waals surface area (Å²) in [6, 6.07) is 7.26. The van der Waals surface area contributed by atoms with E-state index in [0.717, 1.165) is 17.0 Å². The number of esters is 2. The van der Waals surface area contributed by atoms with Gasteiger partial charge in [-0.1, -0.05) is 26.0 Å². The normalized spacial score (nSPS) is 22.5. The number of carbonyl (C=O) groups excluding carboxylic acids is 3. The zero-order chi connectivity index (χ0) is 24.1. The first-order chi connectivity index (χ1) is 15.8. The van der Waals surface area contributed by atoms with E-state index in [-0.39, 0.29) is 18.3 Å². The molecule has 1 aliphatic heterocycles. The van der Waals surface area contributed by atoms with Crippen molar-refractivity contribution in [2.75, 3.05) is 32.3 Å². The van der Waals surface area contributed by atoms with E-state index in [0.29, 0.717) is 34.8 Å². The van der Waals surface area contributed by atoms with E-state index in [1.54, 1.807) is 31.0 Å². The summed E-state index contributed by atoms with van der Waals surface area (Å²) in [4.78, 5) is 39.3. The van der Waals surface area contributed by atoms with Crippen LogP contribution in [0.1, 0.15) is 38.7 Å². The molecule has 0 spiro atoms. The molecule has 0 bridgehead atoms. The Morgan fingerprint density at radius 2 is 1.88 bits per heavy atom. The molecule has 3 atom stereocenters. The zero-order valence-corrected chi connectivity index (χ0v) is 20.5. The average Bonchev–Trinajstić information content (AvgIpc) is 2.80. The smallest absolute Gasteiger partial charge is 0.336 e. The van der Waals surface area contributed by atoms with Crippen LogP contribution in [-0.4, -0.2) is 50.1 Å². The molecule has 178 valence electrons. The Bertz CT molecular complexity index is 981. The summed E-state index contributed by atoms with van der Waals surface area (Å²) < 4.78 is 15.8. The average molecular weight is 474 g/mol. The molecule has 0 unspecified atom stereocenters. The van der Waals surface area contributed by atoms with Gasteiger partial charge in [-0.3, -0.25) is 9.59 Å². The Morgan fingerprint density at radius 3 is 2.48 bits per heavy atom. The molecule has 8 heteroatoms. The molecule has 1 aromatic rings. The largest absolute Gasteiger partial charge is 0.497 e. The maximum atomic E-state index is 13.6. The summed E-state index contributed by atoms with van der Waals surface area (Å²) in [7, 11) is 2.86. The van der Waals surface area contributed by atoms with E-state index in [9.17, 15) is 14.4 Å². The first kappa shape index (κ1) is 24.9. The van der Waals surface area contributed by atoms with Crippen molar-refractivity contribution in [1.29, 1.82) is 0 Å². The van der Waals surface area contributed by atoms with Crippen molar-refractivity contribution in [3.63, 3.8) is 0 Å². The topological polar surface area (TPSA) is 90.9 Å². The van der Waals surface area contributed by atoms with Crippen molar-refractivity contribution in [1.82, 2.24) is 5.32 Å². The van der Waals surface area contributed by atoms with Crippen LogP contribution in [0, 0.1) is 11.8 Å². The van der Waals surface area contributed by atoms with Crippen molar-refractivity contribution in [3.8, 4) is 5.75 Å². The van der Waals surface area contributed by atoms with Crippen LogP contribution in [-0.2, 0) is 23.9 Å². The number of hydrogen-bond acceptors (Lipinski definition) is 8. The highest BCUT2D eigenvalue weighted by Gasteiger charge is 2.47. The lowest BCUT2D eigenvalue weighted by molar-refractivity contribution is -0.151.